The van der Waals surface area contributed by atoms with E-state index >= 15 is 0 Å². The minimum Gasteiger partial charge on any atom is -0.370 e. The quantitative estimate of drug-likeness (QED) is 0.663. The number of rotatable bonds is 4. The molecule has 1 aromatic carbocycles. The summed E-state index contributed by atoms with van der Waals surface area (Å²) in [4.78, 5) is 16.5. The summed E-state index contributed by atoms with van der Waals surface area (Å²) in [6, 6.07) is 5.47. The fraction of sp³-hybridized carbons (Fsp3) is 0.312. The van der Waals surface area contributed by atoms with Crippen molar-refractivity contribution in [2.24, 2.45) is 10.7 Å². The molecular weight excluding hydrogens is 316 g/mol. The van der Waals surface area contributed by atoms with E-state index in [9.17, 15) is 4.79 Å². The third kappa shape index (κ3) is 3.71. The summed E-state index contributed by atoms with van der Waals surface area (Å²) in [6.07, 6.45) is 0.840. The van der Waals surface area contributed by atoms with Gasteiger partial charge >= 0.3 is 0 Å². The molecule has 0 fully saturated rings. The Hall–Kier alpha value is -2.34. The topological polar surface area (TPSA) is 93.5 Å². The second-order valence-corrected chi connectivity index (χ2v) is 5.52. The number of aryl methyl sites for hydroxylation is 2. The minimum absolute atomic E-state index is 0.0688. The molecule has 1 heterocycles. The van der Waals surface area contributed by atoms with Crippen LogP contribution < -0.4 is 11.1 Å². The van der Waals surface area contributed by atoms with Crippen molar-refractivity contribution in [1.82, 2.24) is 10.5 Å². The molecule has 3 N–H and O–H groups in total. The number of hydrogen-bond donors (Lipinski definition) is 2. The number of amides is 1. The molecule has 6 nitrogen and oxygen atoms in total. The van der Waals surface area contributed by atoms with E-state index in [0.29, 0.717) is 34.1 Å². The Kier molecular flexibility index (Phi) is 5.39. The highest BCUT2D eigenvalue weighted by atomic mass is 35.5. The first-order chi connectivity index (χ1) is 11.0. The first kappa shape index (κ1) is 17.0. The van der Waals surface area contributed by atoms with Crippen molar-refractivity contribution in [3.05, 3.63) is 40.1 Å². The fourth-order valence-corrected chi connectivity index (χ4v) is 2.50. The van der Waals surface area contributed by atoms with E-state index in [1.165, 1.54) is 0 Å². The van der Waals surface area contributed by atoms with Gasteiger partial charge in [0.05, 0.1) is 5.02 Å². The SMILES string of the molecule is CCCN=C(N)NC(=O)c1c(-c2c(C)cccc2Cl)noc1C. The molecule has 0 unspecified atom stereocenters. The predicted octanol–water partition coefficient (Wildman–Crippen LogP) is 3.07. The predicted molar refractivity (Wildman–Crippen MR) is 90.7 cm³/mol. The maximum Gasteiger partial charge on any atom is 0.263 e. The van der Waals surface area contributed by atoms with Crippen LogP contribution in [0.1, 0.15) is 35.0 Å². The van der Waals surface area contributed by atoms with E-state index < -0.39 is 5.91 Å². The summed E-state index contributed by atoms with van der Waals surface area (Å²) < 4.78 is 5.19. The van der Waals surface area contributed by atoms with Crippen LogP contribution in [0.15, 0.2) is 27.7 Å². The van der Waals surface area contributed by atoms with E-state index in [2.05, 4.69) is 15.5 Å². The van der Waals surface area contributed by atoms with Gasteiger partial charge in [-0.2, -0.15) is 0 Å². The van der Waals surface area contributed by atoms with Gasteiger partial charge in [0, 0.05) is 12.1 Å². The number of aliphatic imine (C=N–C) groups is 1. The number of carbonyl (C=O) groups excluding carboxylic acids is 1. The molecular formula is C16H19ClN4O2. The van der Waals surface area contributed by atoms with E-state index in [-0.39, 0.29) is 5.96 Å². The van der Waals surface area contributed by atoms with Crippen LogP contribution in [0.5, 0.6) is 0 Å². The molecule has 0 aliphatic heterocycles. The number of benzene rings is 1. The Morgan fingerprint density at radius 2 is 2.17 bits per heavy atom. The van der Waals surface area contributed by atoms with Gasteiger partial charge in [-0.3, -0.25) is 15.1 Å². The summed E-state index contributed by atoms with van der Waals surface area (Å²) in [5.41, 5.74) is 7.97. The highest BCUT2D eigenvalue weighted by molar-refractivity contribution is 6.33. The lowest BCUT2D eigenvalue weighted by atomic mass is 10.0. The molecule has 2 rings (SSSR count). The minimum atomic E-state index is -0.421. The number of nitrogens with zero attached hydrogens (tertiary/aromatic N) is 2. The number of nitrogens with one attached hydrogen (secondary N) is 1. The zero-order chi connectivity index (χ0) is 17.0. The van der Waals surface area contributed by atoms with Crippen LogP contribution in [-0.2, 0) is 0 Å². The van der Waals surface area contributed by atoms with Crippen LogP contribution in [0.2, 0.25) is 5.02 Å². The number of guanidine groups is 1. The largest absolute Gasteiger partial charge is 0.370 e. The first-order valence-corrected chi connectivity index (χ1v) is 7.66. The first-order valence-electron chi connectivity index (χ1n) is 7.28. The van der Waals surface area contributed by atoms with Crippen LogP contribution in [0.4, 0.5) is 0 Å². The maximum atomic E-state index is 12.5. The van der Waals surface area contributed by atoms with Gasteiger partial charge < -0.3 is 10.3 Å². The Bertz CT molecular complexity index is 732. The summed E-state index contributed by atoms with van der Waals surface area (Å²) in [5.74, 6) is 0.0369. The van der Waals surface area contributed by atoms with Gasteiger partial charge in [-0.15, -0.1) is 0 Å². The van der Waals surface area contributed by atoms with Crippen molar-refractivity contribution in [2.75, 3.05) is 6.54 Å². The zero-order valence-corrected chi connectivity index (χ0v) is 14.1. The lowest BCUT2D eigenvalue weighted by Gasteiger charge is -2.08. The third-order valence-corrected chi connectivity index (χ3v) is 3.61. The Morgan fingerprint density at radius 3 is 2.83 bits per heavy atom. The van der Waals surface area contributed by atoms with Crippen molar-refractivity contribution in [2.45, 2.75) is 27.2 Å². The standard InChI is InChI=1S/C16H19ClN4O2/c1-4-8-19-16(18)20-15(22)13-10(3)23-21-14(13)12-9(2)6-5-7-11(12)17/h5-7H,4,8H2,1-3H3,(H3,18,19,20,22). The summed E-state index contributed by atoms with van der Waals surface area (Å²) in [7, 11) is 0. The zero-order valence-electron chi connectivity index (χ0n) is 13.3. The number of halogens is 1. The van der Waals surface area contributed by atoms with Crippen LogP contribution in [0, 0.1) is 13.8 Å². The summed E-state index contributed by atoms with van der Waals surface area (Å²) >= 11 is 6.26. The maximum absolute atomic E-state index is 12.5. The van der Waals surface area contributed by atoms with E-state index in [1.54, 1.807) is 13.0 Å². The second-order valence-electron chi connectivity index (χ2n) is 5.12. The highest BCUT2D eigenvalue weighted by Crippen LogP contribution is 2.33. The molecule has 0 saturated carbocycles. The summed E-state index contributed by atoms with van der Waals surface area (Å²) in [5, 5.41) is 7.05. The Balaban J connectivity index is 2.42. The second kappa shape index (κ2) is 7.28. The van der Waals surface area contributed by atoms with Crippen molar-refractivity contribution >= 4 is 23.5 Å². The molecule has 0 spiro atoms. The molecule has 0 atom stereocenters. The molecule has 1 aromatic heterocycles. The normalized spacial score (nSPS) is 11.6. The third-order valence-electron chi connectivity index (χ3n) is 3.30. The van der Waals surface area contributed by atoms with Gasteiger partial charge in [-0.1, -0.05) is 35.8 Å². The monoisotopic (exact) mass is 334 g/mol. The molecule has 7 heteroatoms. The molecule has 1 amide bonds. The average molecular weight is 335 g/mol. The smallest absolute Gasteiger partial charge is 0.263 e. The average Bonchev–Trinajstić information content (AvgIpc) is 2.86. The van der Waals surface area contributed by atoms with Crippen molar-refractivity contribution in [3.63, 3.8) is 0 Å². The number of nitrogens with two attached hydrogens (primary N) is 1. The molecule has 0 aliphatic carbocycles. The molecule has 0 aliphatic rings. The molecule has 0 bridgehead atoms. The van der Waals surface area contributed by atoms with Crippen molar-refractivity contribution in [3.8, 4) is 11.3 Å². The van der Waals surface area contributed by atoms with Gasteiger partial charge in [-0.05, 0) is 31.9 Å². The number of aromatic nitrogens is 1. The number of hydrogen-bond acceptors (Lipinski definition) is 4. The van der Waals surface area contributed by atoms with Gasteiger partial charge in [-0.25, -0.2) is 0 Å². The molecule has 0 saturated heterocycles. The van der Waals surface area contributed by atoms with Crippen LogP contribution in [0.3, 0.4) is 0 Å². The fourth-order valence-electron chi connectivity index (χ4n) is 2.19. The highest BCUT2D eigenvalue weighted by Gasteiger charge is 2.24. The van der Waals surface area contributed by atoms with Crippen LogP contribution >= 0.6 is 11.6 Å². The van der Waals surface area contributed by atoms with E-state index in [1.807, 2.05) is 26.0 Å². The Labute approximate surface area is 139 Å². The lowest BCUT2D eigenvalue weighted by Crippen LogP contribution is -2.37. The van der Waals surface area contributed by atoms with E-state index in [4.69, 9.17) is 21.9 Å². The molecule has 2 aromatic rings. The molecule has 0 radical (unpaired) electrons. The van der Waals surface area contributed by atoms with Gasteiger partial charge in [0.15, 0.2) is 5.96 Å². The van der Waals surface area contributed by atoms with Crippen molar-refractivity contribution < 1.29 is 9.32 Å². The molecule has 122 valence electrons. The van der Waals surface area contributed by atoms with Crippen LogP contribution in [-0.4, -0.2) is 23.6 Å². The lowest BCUT2D eigenvalue weighted by molar-refractivity contribution is 0.0975. The number of carbonyl (C=O) groups is 1. The van der Waals surface area contributed by atoms with Gasteiger partial charge in [0.2, 0.25) is 0 Å². The van der Waals surface area contributed by atoms with Crippen LogP contribution in [0.25, 0.3) is 11.3 Å². The summed E-state index contributed by atoms with van der Waals surface area (Å²) in [6.45, 7) is 6.08. The molecule has 23 heavy (non-hydrogen) atoms. The van der Waals surface area contributed by atoms with Gasteiger partial charge in [0.1, 0.15) is 17.0 Å². The van der Waals surface area contributed by atoms with Crippen molar-refractivity contribution in [1.29, 1.82) is 0 Å². The van der Waals surface area contributed by atoms with Gasteiger partial charge in [0.25, 0.3) is 5.91 Å². The van der Waals surface area contributed by atoms with E-state index in [0.717, 1.165) is 12.0 Å². The Morgan fingerprint density at radius 1 is 1.43 bits per heavy atom.